The predicted octanol–water partition coefficient (Wildman–Crippen LogP) is 4.06. The zero-order chi connectivity index (χ0) is 27.4. The summed E-state index contributed by atoms with van der Waals surface area (Å²) in [4.78, 5) is 16.0. The van der Waals surface area contributed by atoms with Gasteiger partial charge in [-0.1, -0.05) is 55.3 Å². The van der Waals surface area contributed by atoms with Crippen molar-refractivity contribution in [2.45, 2.75) is 13.3 Å². The smallest absolute Gasteiger partial charge is 0.256 e. The highest BCUT2D eigenvalue weighted by atomic mass is 16.1. The minimum absolute atomic E-state index is 0.154. The molecule has 5 aromatic rings. The van der Waals surface area contributed by atoms with Crippen molar-refractivity contribution >= 4 is 34.6 Å². The fourth-order valence-electron chi connectivity index (χ4n) is 4.35. The lowest BCUT2D eigenvalue weighted by molar-refractivity contribution is 0.100. The average Bonchev–Trinajstić information content (AvgIpc) is 3.53. The summed E-state index contributed by atoms with van der Waals surface area (Å²) in [7, 11) is 1.89. The second kappa shape index (κ2) is 10.9. The lowest BCUT2D eigenvalue weighted by Crippen LogP contribution is -2.17. The Balaban J connectivity index is 0.000000198. The van der Waals surface area contributed by atoms with E-state index in [9.17, 15) is 4.79 Å². The number of nitrogens with one attached hydrogen (secondary N) is 1. The maximum Gasteiger partial charge on any atom is 0.256 e. The van der Waals surface area contributed by atoms with Crippen molar-refractivity contribution in [3.63, 3.8) is 0 Å². The zero-order valence-corrected chi connectivity index (χ0v) is 21.7. The molecule has 9 heteroatoms. The van der Waals surface area contributed by atoms with E-state index in [2.05, 4.69) is 58.5 Å². The van der Waals surface area contributed by atoms with Crippen LogP contribution >= 0.6 is 0 Å². The van der Waals surface area contributed by atoms with E-state index in [0.717, 1.165) is 39.8 Å². The number of aryl methyl sites for hydroxylation is 2. The van der Waals surface area contributed by atoms with Gasteiger partial charge in [0.05, 0.1) is 16.8 Å². The number of carbonyl (C=O) groups is 1. The van der Waals surface area contributed by atoms with Crippen LogP contribution in [0, 0.1) is 11.8 Å². The first-order valence-corrected chi connectivity index (χ1v) is 12.5. The molecule has 0 fully saturated rings. The van der Waals surface area contributed by atoms with Gasteiger partial charge in [0.2, 0.25) is 0 Å². The van der Waals surface area contributed by atoms with Gasteiger partial charge in [-0.25, -0.2) is 9.67 Å². The molecule has 0 spiro atoms. The summed E-state index contributed by atoms with van der Waals surface area (Å²) in [6, 6.07) is 20.6. The summed E-state index contributed by atoms with van der Waals surface area (Å²) in [6.07, 6.45) is 6.43. The molecule has 0 unspecified atom stereocenters. The Hall–Kier alpha value is -5.36. The van der Waals surface area contributed by atoms with Crippen LogP contribution in [0.3, 0.4) is 0 Å². The first-order valence-electron chi connectivity index (χ1n) is 12.5. The highest BCUT2D eigenvalue weighted by molar-refractivity contribution is 6.02. The van der Waals surface area contributed by atoms with E-state index in [0.29, 0.717) is 12.4 Å². The molecule has 194 valence electrons. The summed E-state index contributed by atoms with van der Waals surface area (Å²) < 4.78 is 3.26. The van der Waals surface area contributed by atoms with Gasteiger partial charge in [0.15, 0.2) is 5.82 Å². The van der Waals surface area contributed by atoms with E-state index in [4.69, 9.17) is 16.5 Å². The van der Waals surface area contributed by atoms with Crippen molar-refractivity contribution in [2.24, 2.45) is 12.8 Å². The van der Waals surface area contributed by atoms with E-state index < -0.39 is 5.91 Å². The number of fused-ring (bicyclic) bond motifs is 2. The fraction of sp³-hybridized carbons (Fsp3) is 0.133. The number of anilines is 2. The third-order valence-corrected chi connectivity index (χ3v) is 6.21. The lowest BCUT2D eigenvalue weighted by Gasteiger charge is -2.10. The Morgan fingerprint density at radius 3 is 2.62 bits per heavy atom. The number of nitrogens with two attached hydrogens (primary N) is 2. The average molecular weight is 517 g/mol. The molecular weight excluding hydrogens is 488 g/mol. The molecule has 3 aromatic heterocycles. The highest BCUT2D eigenvalue weighted by Crippen LogP contribution is 2.27. The van der Waals surface area contributed by atoms with Crippen LogP contribution in [0.4, 0.5) is 11.6 Å². The second-order valence-corrected chi connectivity index (χ2v) is 8.90. The van der Waals surface area contributed by atoms with Gasteiger partial charge in [0.1, 0.15) is 17.1 Å². The molecule has 0 bridgehead atoms. The molecule has 2 aromatic carbocycles. The molecule has 4 heterocycles. The number of aromatic nitrogens is 5. The lowest BCUT2D eigenvalue weighted by atomic mass is 10.00. The third-order valence-electron chi connectivity index (χ3n) is 6.21. The maximum atomic E-state index is 11.0. The molecule has 0 saturated heterocycles. The number of pyridine rings is 1. The van der Waals surface area contributed by atoms with Gasteiger partial charge in [0, 0.05) is 36.9 Å². The van der Waals surface area contributed by atoms with Crippen molar-refractivity contribution in [2.75, 3.05) is 17.6 Å². The quantitative estimate of drug-likeness (QED) is 0.310. The van der Waals surface area contributed by atoms with Crippen LogP contribution in [0.15, 0.2) is 72.9 Å². The highest BCUT2D eigenvalue weighted by Gasteiger charge is 2.20. The molecule has 0 radical (unpaired) electrons. The number of hydrogen-bond donors (Lipinski definition) is 3. The van der Waals surface area contributed by atoms with Crippen LogP contribution in [0.5, 0.6) is 0 Å². The molecule has 5 N–H and O–H groups in total. The predicted molar refractivity (Wildman–Crippen MR) is 155 cm³/mol. The number of benzene rings is 2. The zero-order valence-electron chi connectivity index (χ0n) is 21.7. The van der Waals surface area contributed by atoms with Crippen molar-refractivity contribution in [1.29, 1.82) is 0 Å². The largest absolute Gasteiger partial charge is 0.381 e. The summed E-state index contributed by atoms with van der Waals surface area (Å²) in [5.74, 6) is 6.53. The second-order valence-electron chi connectivity index (χ2n) is 8.90. The number of amides is 1. The molecular formula is C30H28N8O. The van der Waals surface area contributed by atoms with Gasteiger partial charge in [-0.15, -0.1) is 5.10 Å². The standard InChI is InChI=1S/C23H19N3.C7H9N5O/c1-3-17-16-20-11-7-10-19(12-13-21-14-15-26(2)25-21)23(20)24-22(17)18-8-5-4-6-9-18;8-5-4(6(9)13)7-10-2-1-3-12(7)11-5/h4-11,14-16H,3H2,1-2H3;1,3,10H,2H2,(H2,8,11)(H2,9,13). The SMILES string of the molecule is CCc1cc2cccc(C#Cc3ccn(C)n3)c2nc1-c1ccccc1.NC(=O)c1c(N)nn2c1NCC=C2. The minimum atomic E-state index is -0.568. The fourth-order valence-corrected chi connectivity index (χ4v) is 4.35. The summed E-state index contributed by atoms with van der Waals surface area (Å²) in [5, 5.41) is 12.3. The van der Waals surface area contributed by atoms with Gasteiger partial charge in [-0.3, -0.25) is 9.48 Å². The molecule has 1 aliphatic heterocycles. The third kappa shape index (κ3) is 5.36. The van der Waals surface area contributed by atoms with Crippen molar-refractivity contribution < 1.29 is 4.79 Å². The van der Waals surface area contributed by atoms with Crippen LogP contribution < -0.4 is 16.8 Å². The molecule has 39 heavy (non-hydrogen) atoms. The van der Waals surface area contributed by atoms with E-state index in [1.807, 2.05) is 55.7 Å². The number of nitrogen functional groups attached to an aromatic ring is 1. The van der Waals surface area contributed by atoms with Crippen molar-refractivity contribution in [3.8, 4) is 23.1 Å². The van der Waals surface area contributed by atoms with Crippen molar-refractivity contribution in [3.05, 3.63) is 95.3 Å². The normalized spacial score (nSPS) is 11.5. The summed E-state index contributed by atoms with van der Waals surface area (Å²) in [5.41, 5.74) is 17.0. The van der Waals surface area contributed by atoms with Gasteiger partial charge in [0.25, 0.3) is 5.91 Å². The molecule has 6 rings (SSSR count). The topological polar surface area (TPSA) is 130 Å². The molecule has 9 nitrogen and oxygen atoms in total. The van der Waals surface area contributed by atoms with Gasteiger partial charge in [-0.05, 0) is 42.2 Å². The Morgan fingerprint density at radius 2 is 1.90 bits per heavy atom. The number of para-hydroxylation sites is 1. The Bertz CT molecular complexity index is 1750. The van der Waals surface area contributed by atoms with Crippen LogP contribution in [0.2, 0.25) is 0 Å². The number of rotatable bonds is 3. The van der Waals surface area contributed by atoms with Crippen molar-refractivity contribution in [1.82, 2.24) is 24.5 Å². The van der Waals surface area contributed by atoms with Gasteiger partial charge < -0.3 is 16.8 Å². The monoisotopic (exact) mass is 516 g/mol. The number of primary amides is 1. The van der Waals surface area contributed by atoms with Crippen LogP contribution in [-0.2, 0) is 13.5 Å². The molecule has 0 saturated carbocycles. The van der Waals surface area contributed by atoms with E-state index in [-0.39, 0.29) is 11.4 Å². The first-order chi connectivity index (χ1) is 18.9. The summed E-state index contributed by atoms with van der Waals surface area (Å²) >= 11 is 0. The molecule has 1 amide bonds. The van der Waals surface area contributed by atoms with Crippen LogP contribution in [-0.4, -0.2) is 37.0 Å². The molecule has 0 aliphatic carbocycles. The summed E-state index contributed by atoms with van der Waals surface area (Å²) in [6.45, 7) is 2.81. The Morgan fingerprint density at radius 1 is 1.08 bits per heavy atom. The molecule has 1 aliphatic rings. The van der Waals surface area contributed by atoms with E-state index >= 15 is 0 Å². The maximum absolute atomic E-state index is 11.0. The Kier molecular flexibility index (Phi) is 7.10. The molecule has 0 atom stereocenters. The Labute approximate surface area is 226 Å². The number of hydrogen-bond acceptors (Lipinski definition) is 6. The first kappa shape index (κ1) is 25.3. The van der Waals surface area contributed by atoms with E-state index in [1.54, 1.807) is 10.9 Å². The van der Waals surface area contributed by atoms with Gasteiger partial charge >= 0.3 is 0 Å². The van der Waals surface area contributed by atoms with Crippen LogP contribution in [0.1, 0.15) is 34.1 Å². The van der Waals surface area contributed by atoms with Crippen LogP contribution in [0.25, 0.3) is 28.4 Å². The van der Waals surface area contributed by atoms with E-state index in [1.165, 1.54) is 10.2 Å². The van der Waals surface area contributed by atoms with Gasteiger partial charge in [-0.2, -0.15) is 5.10 Å². The minimum Gasteiger partial charge on any atom is -0.381 e. The number of nitrogens with zero attached hydrogens (tertiary/aromatic N) is 5. The number of carbonyl (C=O) groups excluding carboxylic acids is 1.